The van der Waals surface area contributed by atoms with Crippen molar-refractivity contribution in [2.75, 3.05) is 19.6 Å². The summed E-state index contributed by atoms with van der Waals surface area (Å²) in [7, 11) is 1.84. The van der Waals surface area contributed by atoms with E-state index in [1.54, 1.807) is 10.7 Å². The lowest BCUT2D eigenvalue weighted by Crippen LogP contribution is -2.38. The third-order valence-electron chi connectivity index (χ3n) is 5.84. The first-order valence-corrected chi connectivity index (χ1v) is 9.96. The van der Waals surface area contributed by atoms with Crippen LogP contribution in [-0.2, 0) is 19.9 Å². The summed E-state index contributed by atoms with van der Waals surface area (Å²) in [5.74, 6) is -0.310. The molecule has 2 aromatic rings. The summed E-state index contributed by atoms with van der Waals surface area (Å²) in [6.45, 7) is 2.28. The molecule has 1 aromatic carbocycles. The van der Waals surface area contributed by atoms with Gasteiger partial charge in [0.15, 0.2) is 0 Å². The summed E-state index contributed by atoms with van der Waals surface area (Å²) in [6.07, 6.45) is 6.33. The van der Waals surface area contributed by atoms with E-state index in [2.05, 4.69) is 15.3 Å². The lowest BCUT2D eigenvalue weighted by Gasteiger charge is -2.28. The summed E-state index contributed by atoms with van der Waals surface area (Å²) < 4.78 is 16.1. The largest absolute Gasteiger partial charge is 0.349 e. The van der Waals surface area contributed by atoms with E-state index < -0.39 is 0 Å². The van der Waals surface area contributed by atoms with Crippen molar-refractivity contribution in [2.45, 2.75) is 44.6 Å². The van der Waals surface area contributed by atoms with Gasteiger partial charge < -0.3 is 5.32 Å². The van der Waals surface area contributed by atoms with Crippen LogP contribution in [0, 0.1) is 5.82 Å². The normalized spacial score (nSPS) is 18.3. The number of aryl methyl sites for hydroxylation is 2. The van der Waals surface area contributed by atoms with Crippen molar-refractivity contribution in [1.29, 1.82) is 0 Å². The molecule has 0 saturated carbocycles. The maximum atomic E-state index is 14.4. The fraction of sp³-hybridized carbons (Fsp3) is 0.524. The van der Waals surface area contributed by atoms with Gasteiger partial charge in [-0.25, -0.2) is 4.39 Å². The van der Waals surface area contributed by atoms with Gasteiger partial charge in [-0.1, -0.05) is 18.2 Å². The smallest absolute Gasteiger partial charge is 0.269 e. The Labute approximate surface area is 159 Å². The molecule has 144 valence electrons. The molecule has 1 atom stereocenters. The molecule has 1 saturated heterocycles. The summed E-state index contributed by atoms with van der Waals surface area (Å²) >= 11 is 0. The van der Waals surface area contributed by atoms with E-state index in [1.807, 2.05) is 19.2 Å². The second kappa shape index (κ2) is 7.80. The third-order valence-corrected chi connectivity index (χ3v) is 5.84. The van der Waals surface area contributed by atoms with Crippen LogP contribution in [0.4, 0.5) is 4.39 Å². The highest BCUT2D eigenvalue weighted by Crippen LogP contribution is 2.27. The zero-order chi connectivity index (χ0) is 18.8. The molecule has 5 nitrogen and oxygen atoms in total. The summed E-state index contributed by atoms with van der Waals surface area (Å²) in [6, 6.07) is 6.76. The number of benzene rings is 1. The number of aromatic nitrogens is 2. The Balaban J connectivity index is 1.54. The first kappa shape index (κ1) is 18.2. The number of amides is 1. The first-order chi connectivity index (χ1) is 13.1. The molecule has 0 bridgehead atoms. The summed E-state index contributed by atoms with van der Waals surface area (Å²) in [5, 5.41) is 7.61. The van der Waals surface area contributed by atoms with Crippen LogP contribution >= 0.6 is 0 Å². The van der Waals surface area contributed by atoms with Crippen molar-refractivity contribution >= 4 is 5.91 Å². The molecule has 2 aliphatic rings. The van der Waals surface area contributed by atoms with Crippen LogP contribution in [0.5, 0.6) is 0 Å². The number of carbonyl (C=O) groups is 1. The molecule has 0 radical (unpaired) electrons. The van der Waals surface area contributed by atoms with Crippen LogP contribution in [0.2, 0.25) is 0 Å². The van der Waals surface area contributed by atoms with Gasteiger partial charge in [-0.15, -0.1) is 0 Å². The molecule has 2 heterocycles. The molecule has 1 aliphatic carbocycles. The lowest BCUT2D eigenvalue weighted by molar-refractivity contribution is 0.0926. The monoisotopic (exact) mass is 370 g/mol. The Morgan fingerprint density at radius 2 is 1.93 bits per heavy atom. The molecular formula is C21H27FN4O. The number of hydrogen-bond donors (Lipinski definition) is 1. The fourth-order valence-electron chi connectivity index (χ4n) is 4.47. The molecule has 6 heteroatoms. The van der Waals surface area contributed by atoms with Crippen molar-refractivity contribution in [3.05, 3.63) is 52.6 Å². The predicted molar refractivity (Wildman–Crippen MR) is 102 cm³/mol. The number of halogens is 1. The minimum Gasteiger partial charge on any atom is -0.349 e. The van der Waals surface area contributed by atoms with Gasteiger partial charge >= 0.3 is 0 Å². The fourth-order valence-corrected chi connectivity index (χ4v) is 4.47. The maximum Gasteiger partial charge on any atom is 0.269 e. The Morgan fingerprint density at radius 1 is 1.19 bits per heavy atom. The molecule has 27 heavy (non-hydrogen) atoms. The van der Waals surface area contributed by atoms with Gasteiger partial charge in [0, 0.05) is 24.7 Å². The van der Waals surface area contributed by atoms with Crippen molar-refractivity contribution in [3.63, 3.8) is 0 Å². The van der Waals surface area contributed by atoms with Gasteiger partial charge in [0.25, 0.3) is 5.91 Å². The number of likely N-dealkylation sites (tertiary alicyclic amines) is 1. The molecule has 0 unspecified atom stereocenters. The molecule has 1 amide bonds. The Morgan fingerprint density at radius 3 is 2.70 bits per heavy atom. The minimum absolute atomic E-state index is 0.103. The first-order valence-electron chi connectivity index (χ1n) is 9.96. The Bertz CT molecular complexity index is 826. The van der Waals surface area contributed by atoms with E-state index >= 15 is 0 Å². The average molecular weight is 370 g/mol. The van der Waals surface area contributed by atoms with Gasteiger partial charge in [0.1, 0.15) is 11.5 Å². The third kappa shape index (κ3) is 3.63. The van der Waals surface area contributed by atoms with Gasteiger partial charge in [-0.3, -0.25) is 14.4 Å². The second-order valence-electron chi connectivity index (χ2n) is 7.59. The molecule has 1 fully saturated rings. The van der Waals surface area contributed by atoms with Gasteiger partial charge in [-0.05, 0) is 57.7 Å². The maximum absolute atomic E-state index is 14.4. The SMILES string of the molecule is Cn1nc2c(c1C(=O)NC[C@@H](c1ccccc1F)N1CCCC1)CCCC2. The van der Waals surface area contributed by atoms with Crippen LogP contribution in [0.3, 0.4) is 0 Å². The highest BCUT2D eigenvalue weighted by molar-refractivity contribution is 5.94. The standard InChI is InChI=1S/C21H27FN4O/c1-25-20(16-9-3-5-11-18(16)24-25)21(27)23-14-19(26-12-6-7-13-26)15-8-2-4-10-17(15)22/h2,4,8,10,19H,3,5-7,9,11-14H2,1H3,(H,23,27)/t19-/m0/s1. The zero-order valence-electron chi connectivity index (χ0n) is 15.9. The second-order valence-corrected chi connectivity index (χ2v) is 7.59. The number of fused-ring (bicyclic) bond motifs is 1. The van der Waals surface area contributed by atoms with Crippen molar-refractivity contribution in [1.82, 2.24) is 20.0 Å². The molecule has 4 rings (SSSR count). The van der Waals surface area contributed by atoms with Crippen molar-refractivity contribution in [2.24, 2.45) is 7.05 Å². The van der Waals surface area contributed by atoms with Gasteiger partial charge in [-0.2, -0.15) is 5.10 Å². The highest BCUT2D eigenvalue weighted by atomic mass is 19.1. The van der Waals surface area contributed by atoms with Gasteiger partial charge in [0.05, 0.1) is 11.7 Å². The predicted octanol–water partition coefficient (Wildman–Crippen LogP) is 3.00. The summed E-state index contributed by atoms with van der Waals surface area (Å²) in [4.78, 5) is 15.2. The van der Waals surface area contributed by atoms with E-state index in [-0.39, 0.29) is 17.8 Å². The highest BCUT2D eigenvalue weighted by Gasteiger charge is 2.28. The number of nitrogens with one attached hydrogen (secondary N) is 1. The number of hydrogen-bond acceptors (Lipinski definition) is 3. The molecule has 1 N–H and O–H groups in total. The Hall–Kier alpha value is -2.21. The minimum atomic E-state index is -0.207. The number of nitrogens with zero attached hydrogens (tertiary/aromatic N) is 3. The molecule has 0 spiro atoms. The van der Waals surface area contributed by atoms with E-state index in [9.17, 15) is 9.18 Å². The van der Waals surface area contributed by atoms with E-state index in [4.69, 9.17) is 0 Å². The average Bonchev–Trinajstić information content (AvgIpc) is 3.30. The van der Waals surface area contributed by atoms with Crippen LogP contribution in [-0.4, -0.2) is 40.2 Å². The van der Waals surface area contributed by atoms with Crippen molar-refractivity contribution in [3.8, 4) is 0 Å². The van der Waals surface area contributed by atoms with Gasteiger partial charge in [0.2, 0.25) is 0 Å². The van der Waals surface area contributed by atoms with E-state index in [0.29, 0.717) is 17.8 Å². The summed E-state index contributed by atoms with van der Waals surface area (Å²) in [5.41, 5.74) is 3.47. The zero-order valence-corrected chi connectivity index (χ0v) is 15.9. The molecule has 1 aliphatic heterocycles. The van der Waals surface area contributed by atoms with Crippen LogP contribution in [0.1, 0.15) is 59.0 Å². The van der Waals surface area contributed by atoms with E-state index in [1.165, 1.54) is 6.07 Å². The molecule has 1 aromatic heterocycles. The van der Waals surface area contributed by atoms with Crippen LogP contribution in [0.15, 0.2) is 24.3 Å². The Kier molecular flexibility index (Phi) is 5.25. The molecular weight excluding hydrogens is 343 g/mol. The topological polar surface area (TPSA) is 50.2 Å². The van der Waals surface area contributed by atoms with Crippen LogP contribution in [0.25, 0.3) is 0 Å². The lowest BCUT2D eigenvalue weighted by atomic mass is 9.95. The number of carbonyl (C=O) groups excluding carboxylic acids is 1. The van der Waals surface area contributed by atoms with Crippen molar-refractivity contribution < 1.29 is 9.18 Å². The number of rotatable bonds is 5. The van der Waals surface area contributed by atoms with Crippen LogP contribution < -0.4 is 5.32 Å². The van der Waals surface area contributed by atoms with E-state index in [0.717, 1.165) is 62.9 Å². The quantitative estimate of drug-likeness (QED) is 0.880.